The van der Waals surface area contributed by atoms with Crippen LogP contribution in [0.5, 0.6) is 5.88 Å². The minimum absolute atomic E-state index is 0.0835. The van der Waals surface area contributed by atoms with Crippen molar-refractivity contribution >= 4 is 5.69 Å². The second-order valence-electron chi connectivity index (χ2n) is 4.48. The highest BCUT2D eigenvalue weighted by Crippen LogP contribution is 2.11. The van der Waals surface area contributed by atoms with Crippen LogP contribution < -0.4 is 10.1 Å². The minimum Gasteiger partial charge on any atom is -0.481 e. The van der Waals surface area contributed by atoms with Gasteiger partial charge in [-0.25, -0.2) is 4.98 Å². The molecule has 4 nitrogen and oxygen atoms in total. The molecular formula is C12H20N2O2. The van der Waals surface area contributed by atoms with E-state index < -0.39 is 0 Å². The summed E-state index contributed by atoms with van der Waals surface area (Å²) in [5, 5.41) is 3.23. The molecule has 0 fully saturated rings. The van der Waals surface area contributed by atoms with E-state index in [9.17, 15) is 0 Å². The molecule has 0 amide bonds. The smallest absolute Gasteiger partial charge is 0.213 e. The highest BCUT2D eigenvalue weighted by atomic mass is 16.5. The van der Waals surface area contributed by atoms with Gasteiger partial charge >= 0.3 is 0 Å². The fourth-order valence-electron chi connectivity index (χ4n) is 1.16. The van der Waals surface area contributed by atoms with Crippen molar-refractivity contribution in [1.29, 1.82) is 0 Å². The molecule has 0 atom stereocenters. The number of nitrogens with zero attached hydrogens (tertiary/aromatic N) is 1. The number of anilines is 1. The van der Waals surface area contributed by atoms with Gasteiger partial charge in [0.05, 0.1) is 31.2 Å². The van der Waals surface area contributed by atoms with E-state index in [2.05, 4.69) is 10.3 Å². The third-order valence-electron chi connectivity index (χ3n) is 1.91. The van der Waals surface area contributed by atoms with Crippen LogP contribution in [-0.4, -0.2) is 30.8 Å². The van der Waals surface area contributed by atoms with Crippen LogP contribution in [0.2, 0.25) is 0 Å². The topological polar surface area (TPSA) is 43.4 Å². The second-order valence-corrected chi connectivity index (χ2v) is 4.48. The first-order valence-electron chi connectivity index (χ1n) is 5.39. The maximum atomic E-state index is 5.59. The molecule has 4 heteroatoms. The molecule has 0 radical (unpaired) electrons. The summed E-state index contributed by atoms with van der Waals surface area (Å²) in [4.78, 5) is 4.10. The van der Waals surface area contributed by atoms with Gasteiger partial charge < -0.3 is 14.8 Å². The first-order chi connectivity index (χ1) is 7.51. The molecule has 0 aromatic carbocycles. The van der Waals surface area contributed by atoms with Crippen LogP contribution in [0.25, 0.3) is 0 Å². The standard InChI is InChI=1S/C12H20N2O2/c1-12(2,3)16-8-7-13-10-5-6-11(15-4)14-9-10/h5-6,9,13H,7-8H2,1-4H3. The monoisotopic (exact) mass is 224 g/mol. The molecule has 0 spiro atoms. The summed E-state index contributed by atoms with van der Waals surface area (Å²) in [6.45, 7) is 7.58. The summed E-state index contributed by atoms with van der Waals surface area (Å²) in [5.74, 6) is 0.622. The van der Waals surface area contributed by atoms with Gasteiger partial charge in [0.1, 0.15) is 0 Å². The van der Waals surface area contributed by atoms with Gasteiger partial charge in [0.25, 0.3) is 0 Å². The van der Waals surface area contributed by atoms with E-state index in [0.717, 1.165) is 12.2 Å². The average Bonchev–Trinajstić information content (AvgIpc) is 2.24. The first-order valence-corrected chi connectivity index (χ1v) is 5.39. The van der Waals surface area contributed by atoms with Crippen LogP contribution in [0.4, 0.5) is 5.69 Å². The Bertz CT molecular complexity index is 304. The molecule has 1 N–H and O–H groups in total. The van der Waals surface area contributed by atoms with E-state index in [-0.39, 0.29) is 5.60 Å². The van der Waals surface area contributed by atoms with Gasteiger partial charge in [0.2, 0.25) is 5.88 Å². The Morgan fingerprint density at radius 1 is 1.31 bits per heavy atom. The van der Waals surface area contributed by atoms with Crippen molar-refractivity contribution in [3.05, 3.63) is 18.3 Å². The molecule has 90 valence electrons. The molecule has 0 saturated carbocycles. The Morgan fingerprint density at radius 2 is 2.06 bits per heavy atom. The number of ether oxygens (including phenoxy) is 2. The quantitative estimate of drug-likeness (QED) is 0.779. The fraction of sp³-hybridized carbons (Fsp3) is 0.583. The van der Waals surface area contributed by atoms with Crippen molar-refractivity contribution in [3.8, 4) is 5.88 Å². The van der Waals surface area contributed by atoms with Gasteiger partial charge in [-0.3, -0.25) is 0 Å². The zero-order chi connectivity index (χ0) is 12.0. The normalized spacial score (nSPS) is 11.2. The summed E-state index contributed by atoms with van der Waals surface area (Å²) < 4.78 is 10.6. The molecule has 1 rings (SSSR count). The largest absolute Gasteiger partial charge is 0.481 e. The zero-order valence-corrected chi connectivity index (χ0v) is 10.4. The van der Waals surface area contributed by atoms with Gasteiger partial charge in [-0.2, -0.15) is 0 Å². The molecule has 0 aliphatic heterocycles. The molecule has 0 aliphatic carbocycles. The second kappa shape index (κ2) is 5.70. The van der Waals surface area contributed by atoms with Crippen molar-refractivity contribution < 1.29 is 9.47 Å². The molecule has 0 bridgehead atoms. The number of rotatable bonds is 5. The number of hydrogen-bond donors (Lipinski definition) is 1. The van der Waals surface area contributed by atoms with Crippen LogP contribution in [0.3, 0.4) is 0 Å². The van der Waals surface area contributed by atoms with E-state index in [0.29, 0.717) is 12.5 Å². The lowest BCUT2D eigenvalue weighted by atomic mass is 10.2. The summed E-state index contributed by atoms with van der Waals surface area (Å²) >= 11 is 0. The maximum absolute atomic E-state index is 5.59. The van der Waals surface area contributed by atoms with Crippen LogP contribution in [0, 0.1) is 0 Å². The zero-order valence-electron chi connectivity index (χ0n) is 10.4. The van der Waals surface area contributed by atoms with Crippen LogP contribution in [0.15, 0.2) is 18.3 Å². The average molecular weight is 224 g/mol. The number of nitrogens with one attached hydrogen (secondary N) is 1. The lowest BCUT2D eigenvalue weighted by Crippen LogP contribution is -2.23. The highest BCUT2D eigenvalue weighted by Gasteiger charge is 2.08. The lowest BCUT2D eigenvalue weighted by molar-refractivity contribution is 0.00333. The fourth-order valence-corrected chi connectivity index (χ4v) is 1.16. The van der Waals surface area contributed by atoms with Crippen molar-refractivity contribution in [2.45, 2.75) is 26.4 Å². The molecule has 0 aliphatic rings. The third-order valence-corrected chi connectivity index (χ3v) is 1.91. The molecule has 1 aromatic heterocycles. The van der Waals surface area contributed by atoms with Crippen LogP contribution in [-0.2, 0) is 4.74 Å². The van der Waals surface area contributed by atoms with Gasteiger partial charge in [-0.1, -0.05) is 0 Å². The maximum Gasteiger partial charge on any atom is 0.213 e. The Morgan fingerprint density at radius 3 is 2.56 bits per heavy atom. The highest BCUT2D eigenvalue weighted by molar-refractivity contribution is 5.41. The number of methoxy groups -OCH3 is 1. The van der Waals surface area contributed by atoms with E-state index in [1.54, 1.807) is 13.3 Å². The molecule has 1 heterocycles. The van der Waals surface area contributed by atoms with Crippen LogP contribution in [0.1, 0.15) is 20.8 Å². The van der Waals surface area contributed by atoms with E-state index in [1.807, 2.05) is 32.9 Å². The molecule has 0 saturated heterocycles. The summed E-state index contributed by atoms with van der Waals surface area (Å²) in [6.07, 6.45) is 1.75. The van der Waals surface area contributed by atoms with Crippen molar-refractivity contribution in [2.75, 3.05) is 25.6 Å². The summed E-state index contributed by atoms with van der Waals surface area (Å²) in [7, 11) is 1.60. The molecule has 16 heavy (non-hydrogen) atoms. The Hall–Kier alpha value is -1.29. The van der Waals surface area contributed by atoms with Crippen LogP contribution >= 0.6 is 0 Å². The first kappa shape index (κ1) is 12.8. The predicted molar refractivity (Wildman–Crippen MR) is 65.0 cm³/mol. The van der Waals surface area contributed by atoms with E-state index in [4.69, 9.17) is 9.47 Å². The van der Waals surface area contributed by atoms with E-state index >= 15 is 0 Å². The number of hydrogen-bond acceptors (Lipinski definition) is 4. The SMILES string of the molecule is COc1ccc(NCCOC(C)(C)C)cn1. The van der Waals surface area contributed by atoms with Gasteiger partial charge in [-0.05, 0) is 26.8 Å². The van der Waals surface area contributed by atoms with Crippen molar-refractivity contribution in [2.24, 2.45) is 0 Å². The summed E-state index contributed by atoms with van der Waals surface area (Å²) in [6, 6.07) is 3.76. The Labute approximate surface area is 97.0 Å². The van der Waals surface area contributed by atoms with Crippen molar-refractivity contribution in [3.63, 3.8) is 0 Å². The number of pyridine rings is 1. The molecular weight excluding hydrogens is 204 g/mol. The van der Waals surface area contributed by atoms with Gasteiger partial charge in [0, 0.05) is 12.6 Å². The predicted octanol–water partition coefficient (Wildman–Crippen LogP) is 2.32. The lowest BCUT2D eigenvalue weighted by Gasteiger charge is -2.19. The Balaban J connectivity index is 2.27. The third kappa shape index (κ3) is 4.98. The van der Waals surface area contributed by atoms with Gasteiger partial charge in [-0.15, -0.1) is 0 Å². The molecule has 1 aromatic rings. The minimum atomic E-state index is -0.0835. The summed E-state index contributed by atoms with van der Waals surface area (Å²) in [5.41, 5.74) is 0.887. The molecule has 0 unspecified atom stereocenters. The van der Waals surface area contributed by atoms with E-state index in [1.165, 1.54) is 0 Å². The van der Waals surface area contributed by atoms with Crippen molar-refractivity contribution in [1.82, 2.24) is 4.98 Å². The number of aromatic nitrogens is 1. The Kier molecular flexibility index (Phi) is 4.55. The van der Waals surface area contributed by atoms with Gasteiger partial charge in [0.15, 0.2) is 0 Å².